The lowest BCUT2D eigenvalue weighted by molar-refractivity contribution is 0.601. The van der Waals surface area contributed by atoms with Crippen LogP contribution >= 0.6 is 22.6 Å². The summed E-state index contributed by atoms with van der Waals surface area (Å²) in [6, 6.07) is 12.5. The van der Waals surface area contributed by atoms with Gasteiger partial charge in [0.2, 0.25) is 0 Å². The second-order valence-corrected chi connectivity index (χ2v) is 7.25. The Bertz CT molecular complexity index is 694. The van der Waals surface area contributed by atoms with E-state index >= 15 is 0 Å². The van der Waals surface area contributed by atoms with Gasteiger partial charge in [-0.25, -0.2) is 8.42 Å². The maximum atomic E-state index is 12.3. The van der Waals surface area contributed by atoms with Crippen LogP contribution in [0.5, 0.6) is 0 Å². The molecule has 2 rings (SSSR count). The molecule has 0 saturated heterocycles. The van der Waals surface area contributed by atoms with Gasteiger partial charge in [-0.3, -0.25) is 4.72 Å². The summed E-state index contributed by atoms with van der Waals surface area (Å²) >= 11 is 2.11. The van der Waals surface area contributed by atoms with Crippen molar-refractivity contribution in [2.45, 2.75) is 18.7 Å². The Morgan fingerprint density at radius 2 is 1.53 bits per heavy atom. The van der Waals surface area contributed by atoms with E-state index in [0.717, 1.165) is 14.7 Å². The Morgan fingerprint density at radius 3 is 2.16 bits per heavy atom. The quantitative estimate of drug-likeness (QED) is 0.817. The van der Waals surface area contributed by atoms with Gasteiger partial charge in [-0.05, 0) is 66.3 Å². The molecule has 0 aliphatic rings. The molecular formula is C14H14INO2S. The molecule has 19 heavy (non-hydrogen) atoms. The summed E-state index contributed by atoms with van der Waals surface area (Å²) in [6.07, 6.45) is 0. The van der Waals surface area contributed by atoms with E-state index in [1.165, 1.54) is 0 Å². The average Bonchev–Trinajstić information content (AvgIpc) is 2.34. The predicted molar refractivity (Wildman–Crippen MR) is 85.9 cm³/mol. The molecule has 2 aromatic rings. The maximum Gasteiger partial charge on any atom is 0.261 e. The summed E-state index contributed by atoms with van der Waals surface area (Å²) in [5.74, 6) is 0. The Hall–Kier alpha value is -1.08. The minimum atomic E-state index is -3.52. The zero-order valence-electron chi connectivity index (χ0n) is 10.6. The fourth-order valence-electron chi connectivity index (χ4n) is 1.64. The second-order valence-electron chi connectivity index (χ2n) is 4.40. The number of aryl methyl sites for hydroxylation is 2. The van der Waals surface area contributed by atoms with Gasteiger partial charge in [0.1, 0.15) is 0 Å². The van der Waals surface area contributed by atoms with Gasteiger partial charge in [-0.2, -0.15) is 0 Å². The number of sulfonamides is 1. The smallest absolute Gasteiger partial charge is 0.261 e. The molecule has 5 heteroatoms. The number of nitrogens with one attached hydrogen (secondary N) is 1. The van der Waals surface area contributed by atoms with E-state index in [0.29, 0.717) is 5.69 Å². The van der Waals surface area contributed by atoms with Crippen LogP contribution in [0.25, 0.3) is 0 Å². The summed E-state index contributed by atoms with van der Waals surface area (Å²) in [5, 5.41) is 0. The number of halogens is 1. The molecule has 100 valence electrons. The SMILES string of the molecule is Cc1ccc(S(=O)(=O)Nc2cc(C)ccc2I)cc1. The first-order valence-electron chi connectivity index (χ1n) is 5.74. The van der Waals surface area contributed by atoms with Crippen molar-refractivity contribution in [2.75, 3.05) is 4.72 Å². The molecule has 0 radical (unpaired) electrons. The molecule has 3 nitrogen and oxygen atoms in total. The predicted octanol–water partition coefficient (Wildman–Crippen LogP) is 3.71. The zero-order valence-corrected chi connectivity index (χ0v) is 13.6. The third-order valence-corrected chi connectivity index (χ3v) is 5.02. The van der Waals surface area contributed by atoms with Gasteiger partial charge in [0.05, 0.1) is 10.6 Å². The number of benzene rings is 2. The fourth-order valence-corrected chi connectivity index (χ4v) is 3.36. The van der Waals surface area contributed by atoms with E-state index in [2.05, 4.69) is 27.3 Å². The summed E-state index contributed by atoms with van der Waals surface area (Å²) in [4.78, 5) is 0.274. The van der Waals surface area contributed by atoms with Crippen LogP contribution in [0.2, 0.25) is 0 Å². The lowest BCUT2D eigenvalue weighted by Crippen LogP contribution is -2.13. The van der Waals surface area contributed by atoms with Crippen LogP contribution in [-0.2, 0) is 10.0 Å². The van der Waals surface area contributed by atoms with E-state index in [4.69, 9.17) is 0 Å². The van der Waals surface area contributed by atoms with Gasteiger partial charge in [0.25, 0.3) is 10.0 Å². The van der Waals surface area contributed by atoms with Crippen molar-refractivity contribution >= 4 is 38.3 Å². The molecule has 0 aliphatic heterocycles. The van der Waals surface area contributed by atoms with Crippen LogP contribution in [0.3, 0.4) is 0 Å². The first-order chi connectivity index (χ1) is 8.88. The molecule has 0 atom stereocenters. The van der Waals surface area contributed by atoms with Gasteiger partial charge in [0, 0.05) is 3.57 Å². The van der Waals surface area contributed by atoms with Crippen LogP contribution in [-0.4, -0.2) is 8.42 Å². The van der Waals surface area contributed by atoms with Gasteiger partial charge in [0.15, 0.2) is 0 Å². The van der Waals surface area contributed by atoms with Gasteiger partial charge in [-0.15, -0.1) is 0 Å². The lowest BCUT2D eigenvalue weighted by atomic mass is 10.2. The normalized spacial score (nSPS) is 11.3. The average molecular weight is 387 g/mol. The molecule has 0 aromatic heterocycles. The Kier molecular flexibility index (Phi) is 4.15. The highest BCUT2D eigenvalue weighted by Crippen LogP contribution is 2.23. The highest BCUT2D eigenvalue weighted by molar-refractivity contribution is 14.1. The first kappa shape index (κ1) is 14.3. The molecule has 0 bridgehead atoms. The van der Waals surface area contributed by atoms with Crippen molar-refractivity contribution in [3.63, 3.8) is 0 Å². The van der Waals surface area contributed by atoms with Crippen LogP contribution < -0.4 is 4.72 Å². The van der Waals surface area contributed by atoms with Crippen molar-refractivity contribution in [3.8, 4) is 0 Å². The molecule has 0 amide bonds. The van der Waals surface area contributed by atoms with E-state index in [1.54, 1.807) is 24.3 Å². The lowest BCUT2D eigenvalue weighted by Gasteiger charge is -2.10. The highest BCUT2D eigenvalue weighted by atomic mass is 127. The van der Waals surface area contributed by atoms with E-state index < -0.39 is 10.0 Å². The molecule has 2 aromatic carbocycles. The van der Waals surface area contributed by atoms with E-state index in [9.17, 15) is 8.42 Å². The number of anilines is 1. The molecular weight excluding hydrogens is 373 g/mol. The third kappa shape index (κ3) is 3.48. The maximum absolute atomic E-state index is 12.3. The van der Waals surface area contributed by atoms with Crippen LogP contribution in [0, 0.1) is 17.4 Å². The molecule has 1 N–H and O–H groups in total. The van der Waals surface area contributed by atoms with Crippen molar-refractivity contribution in [1.82, 2.24) is 0 Å². The number of hydrogen-bond acceptors (Lipinski definition) is 2. The van der Waals surface area contributed by atoms with Gasteiger partial charge < -0.3 is 0 Å². The second kappa shape index (κ2) is 5.50. The minimum Gasteiger partial charge on any atom is -0.279 e. The van der Waals surface area contributed by atoms with Crippen molar-refractivity contribution in [3.05, 3.63) is 57.2 Å². The van der Waals surface area contributed by atoms with Gasteiger partial charge in [-0.1, -0.05) is 23.8 Å². The zero-order chi connectivity index (χ0) is 14.0. The Morgan fingerprint density at radius 1 is 0.947 bits per heavy atom. The minimum absolute atomic E-state index is 0.274. The largest absolute Gasteiger partial charge is 0.279 e. The molecule has 0 spiro atoms. The first-order valence-corrected chi connectivity index (χ1v) is 8.30. The highest BCUT2D eigenvalue weighted by Gasteiger charge is 2.15. The van der Waals surface area contributed by atoms with Crippen LogP contribution in [0.4, 0.5) is 5.69 Å². The summed E-state index contributed by atoms with van der Waals surface area (Å²) in [6.45, 7) is 3.85. The van der Waals surface area contributed by atoms with Crippen LogP contribution in [0.1, 0.15) is 11.1 Å². The molecule has 0 saturated carbocycles. The molecule has 0 unspecified atom stereocenters. The summed E-state index contributed by atoms with van der Waals surface area (Å²) in [7, 11) is -3.52. The van der Waals surface area contributed by atoms with E-state index in [1.807, 2.05) is 32.0 Å². The monoisotopic (exact) mass is 387 g/mol. The fraction of sp³-hybridized carbons (Fsp3) is 0.143. The molecule has 0 heterocycles. The number of rotatable bonds is 3. The van der Waals surface area contributed by atoms with E-state index in [-0.39, 0.29) is 4.90 Å². The molecule has 0 aliphatic carbocycles. The Labute approximate surface area is 127 Å². The van der Waals surface area contributed by atoms with Crippen molar-refractivity contribution < 1.29 is 8.42 Å². The summed E-state index contributed by atoms with van der Waals surface area (Å²) < 4.78 is 28.0. The Balaban J connectivity index is 2.36. The van der Waals surface area contributed by atoms with Crippen LogP contribution in [0.15, 0.2) is 47.4 Å². The third-order valence-electron chi connectivity index (χ3n) is 2.70. The topological polar surface area (TPSA) is 46.2 Å². The molecule has 0 fully saturated rings. The van der Waals surface area contributed by atoms with Crippen molar-refractivity contribution in [2.24, 2.45) is 0 Å². The summed E-state index contributed by atoms with van der Waals surface area (Å²) in [5.41, 5.74) is 2.66. The van der Waals surface area contributed by atoms with Gasteiger partial charge >= 0.3 is 0 Å². The number of hydrogen-bond donors (Lipinski definition) is 1. The van der Waals surface area contributed by atoms with Crippen molar-refractivity contribution in [1.29, 1.82) is 0 Å². The standard InChI is InChI=1S/C14H14INO2S/c1-10-3-6-12(7-4-10)19(17,18)16-14-9-11(2)5-8-13(14)15/h3-9,16H,1-2H3.